The average molecular weight is 461 g/mol. The normalized spacial score (nSPS) is 11.4. The van der Waals surface area contributed by atoms with E-state index in [-0.39, 0.29) is 0 Å². The smallest absolute Gasteiger partial charge is 0.0979 e. The van der Waals surface area contributed by atoms with Crippen LogP contribution in [0.25, 0.3) is 55.1 Å². The van der Waals surface area contributed by atoms with Crippen LogP contribution in [0, 0.1) is 0 Å². The summed E-state index contributed by atoms with van der Waals surface area (Å²) in [6.07, 6.45) is 0. The summed E-state index contributed by atoms with van der Waals surface area (Å²) in [5.41, 5.74) is 5.75. The van der Waals surface area contributed by atoms with Crippen LogP contribution < -0.4 is 0 Å². The maximum atomic E-state index is 5.10. The monoisotopic (exact) mass is 460 g/mol. The number of benzene rings is 5. The van der Waals surface area contributed by atoms with Crippen LogP contribution >= 0.6 is 15.9 Å². The Labute approximate surface area is 188 Å². The molecule has 0 aliphatic heterocycles. The Hall–Kier alpha value is -3.56. The van der Waals surface area contributed by atoms with Gasteiger partial charge >= 0.3 is 0 Å². The third-order valence-electron chi connectivity index (χ3n) is 5.72. The molecule has 0 aliphatic carbocycles. The molecule has 3 heteroatoms. The van der Waals surface area contributed by atoms with E-state index in [4.69, 9.17) is 9.97 Å². The number of hydrogen-bond acceptors (Lipinski definition) is 2. The van der Waals surface area contributed by atoms with Crippen LogP contribution in [-0.2, 0) is 0 Å². The zero-order valence-electron chi connectivity index (χ0n) is 16.6. The summed E-state index contributed by atoms with van der Waals surface area (Å²) in [5, 5.41) is 4.74. The first-order valence-electron chi connectivity index (χ1n) is 10.2. The SMILES string of the molecule is Brc1ccc(-c2nc3ccccc3nc2-c2ccc3ccccc3c2)c2ccccc12. The van der Waals surface area contributed by atoms with Crippen LogP contribution in [0.4, 0.5) is 0 Å². The molecule has 0 radical (unpaired) electrons. The van der Waals surface area contributed by atoms with Crippen LogP contribution in [0.3, 0.4) is 0 Å². The lowest BCUT2D eigenvalue weighted by atomic mass is 9.97. The highest BCUT2D eigenvalue weighted by Crippen LogP contribution is 2.38. The Morgan fingerprint density at radius 2 is 1.16 bits per heavy atom. The van der Waals surface area contributed by atoms with E-state index < -0.39 is 0 Å². The van der Waals surface area contributed by atoms with Crippen molar-refractivity contribution in [3.63, 3.8) is 0 Å². The van der Waals surface area contributed by atoms with Crippen molar-refractivity contribution in [2.24, 2.45) is 0 Å². The van der Waals surface area contributed by atoms with Crippen LogP contribution in [0.5, 0.6) is 0 Å². The lowest BCUT2D eigenvalue weighted by molar-refractivity contribution is 1.30. The molecule has 0 N–H and O–H groups in total. The first-order chi connectivity index (χ1) is 15.3. The first kappa shape index (κ1) is 18.2. The second-order valence-corrected chi connectivity index (χ2v) is 8.47. The lowest BCUT2D eigenvalue weighted by Crippen LogP contribution is -1.96. The van der Waals surface area contributed by atoms with Gasteiger partial charge in [0, 0.05) is 15.6 Å². The standard InChI is InChI=1S/C28H17BrN2/c29-24-16-15-23(21-9-3-4-10-22(21)24)28-27(30-25-11-5-6-12-26(25)31-28)20-14-13-18-7-1-2-8-19(18)17-20/h1-17H. The minimum atomic E-state index is 0.897. The number of hydrogen-bond donors (Lipinski definition) is 0. The molecule has 146 valence electrons. The van der Waals surface area contributed by atoms with Crippen molar-refractivity contribution < 1.29 is 0 Å². The fourth-order valence-corrected chi connectivity index (χ4v) is 4.67. The molecule has 1 aromatic heterocycles. The summed E-state index contributed by atoms with van der Waals surface area (Å²) in [5.74, 6) is 0. The summed E-state index contributed by atoms with van der Waals surface area (Å²) < 4.78 is 1.08. The summed E-state index contributed by atoms with van der Waals surface area (Å²) in [7, 11) is 0. The zero-order chi connectivity index (χ0) is 20.8. The second kappa shape index (κ2) is 7.29. The van der Waals surface area contributed by atoms with Crippen LogP contribution in [0.1, 0.15) is 0 Å². The van der Waals surface area contributed by atoms with E-state index in [0.29, 0.717) is 0 Å². The second-order valence-electron chi connectivity index (χ2n) is 7.61. The van der Waals surface area contributed by atoms with E-state index in [9.17, 15) is 0 Å². The van der Waals surface area contributed by atoms with Gasteiger partial charge in [-0.1, -0.05) is 94.8 Å². The fourth-order valence-electron chi connectivity index (χ4n) is 4.19. The van der Waals surface area contributed by atoms with Crippen molar-refractivity contribution in [2.75, 3.05) is 0 Å². The summed E-state index contributed by atoms with van der Waals surface area (Å²) in [6.45, 7) is 0. The van der Waals surface area contributed by atoms with Gasteiger partial charge in [-0.3, -0.25) is 0 Å². The van der Waals surface area contributed by atoms with Crippen LogP contribution in [0.2, 0.25) is 0 Å². The molecule has 0 spiro atoms. The molecular weight excluding hydrogens is 444 g/mol. The number of rotatable bonds is 2. The third-order valence-corrected chi connectivity index (χ3v) is 6.41. The molecule has 2 nitrogen and oxygen atoms in total. The van der Waals surface area contributed by atoms with Crippen molar-refractivity contribution in [1.82, 2.24) is 9.97 Å². The van der Waals surface area contributed by atoms with E-state index in [0.717, 1.165) is 43.4 Å². The Morgan fingerprint density at radius 1 is 0.516 bits per heavy atom. The highest BCUT2D eigenvalue weighted by molar-refractivity contribution is 9.10. The van der Waals surface area contributed by atoms with E-state index >= 15 is 0 Å². The predicted molar refractivity (Wildman–Crippen MR) is 133 cm³/mol. The molecule has 0 bridgehead atoms. The topological polar surface area (TPSA) is 25.8 Å². The van der Waals surface area contributed by atoms with Crippen LogP contribution in [-0.4, -0.2) is 9.97 Å². The molecule has 6 rings (SSSR count). The quantitative estimate of drug-likeness (QED) is 0.261. The first-order valence-corrected chi connectivity index (χ1v) is 11.0. The molecule has 0 atom stereocenters. The lowest BCUT2D eigenvalue weighted by Gasteiger charge is -2.14. The maximum absolute atomic E-state index is 5.10. The molecule has 0 aliphatic rings. The Bertz CT molecular complexity index is 1600. The van der Waals surface area contributed by atoms with Crippen molar-refractivity contribution in [1.29, 1.82) is 0 Å². The van der Waals surface area contributed by atoms with Gasteiger partial charge in [0.05, 0.1) is 22.4 Å². The van der Waals surface area contributed by atoms with Gasteiger partial charge in [-0.15, -0.1) is 0 Å². The van der Waals surface area contributed by atoms with Gasteiger partial charge in [-0.2, -0.15) is 0 Å². The zero-order valence-corrected chi connectivity index (χ0v) is 18.2. The minimum Gasteiger partial charge on any atom is -0.244 e. The third kappa shape index (κ3) is 3.09. The highest BCUT2D eigenvalue weighted by Gasteiger charge is 2.16. The average Bonchev–Trinajstić information content (AvgIpc) is 2.83. The Kier molecular flexibility index (Phi) is 4.29. The van der Waals surface area contributed by atoms with Crippen molar-refractivity contribution >= 4 is 48.5 Å². The number of halogens is 1. The molecule has 31 heavy (non-hydrogen) atoms. The molecule has 6 aromatic rings. The van der Waals surface area contributed by atoms with Crippen molar-refractivity contribution in [3.05, 3.63) is 108 Å². The molecule has 0 saturated carbocycles. The van der Waals surface area contributed by atoms with Crippen molar-refractivity contribution in [3.8, 4) is 22.5 Å². The molecule has 1 heterocycles. The molecule has 0 saturated heterocycles. The van der Waals surface area contributed by atoms with Gasteiger partial charge < -0.3 is 0 Å². The maximum Gasteiger partial charge on any atom is 0.0979 e. The Morgan fingerprint density at radius 3 is 1.97 bits per heavy atom. The molecule has 0 unspecified atom stereocenters. The van der Waals surface area contributed by atoms with Crippen LogP contribution in [0.15, 0.2) is 108 Å². The fraction of sp³-hybridized carbons (Fsp3) is 0. The number of aromatic nitrogens is 2. The summed E-state index contributed by atoms with van der Waals surface area (Å²) in [4.78, 5) is 10.2. The largest absolute Gasteiger partial charge is 0.244 e. The van der Waals surface area contributed by atoms with Gasteiger partial charge in [-0.05, 0) is 45.8 Å². The van der Waals surface area contributed by atoms with E-state index in [1.807, 2.05) is 24.3 Å². The summed E-state index contributed by atoms with van der Waals surface area (Å²) >= 11 is 3.70. The number of nitrogens with zero attached hydrogens (tertiary/aromatic N) is 2. The van der Waals surface area contributed by atoms with Gasteiger partial charge in [0.15, 0.2) is 0 Å². The van der Waals surface area contributed by atoms with E-state index in [2.05, 4.69) is 94.8 Å². The van der Waals surface area contributed by atoms with Gasteiger partial charge in [0.1, 0.15) is 0 Å². The van der Waals surface area contributed by atoms with E-state index in [1.54, 1.807) is 0 Å². The summed E-state index contributed by atoms with van der Waals surface area (Å²) in [6, 6.07) is 35.6. The van der Waals surface area contributed by atoms with Crippen molar-refractivity contribution in [2.45, 2.75) is 0 Å². The molecule has 0 fully saturated rings. The molecule has 0 amide bonds. The molecule has 5 aromatic carbocycles. The highest BCUT2D eigenvalue weighted by atomic mass is 79.9. The molecular formula is C28H17BrN2. The number of fused-ring (bicyclic) bond motifs is 3. The number of para-hydroxylation sites is 2. The van der Waals surface area contributed by atoms with Gasteiger partial charge in [0.2, 0.25) is 0 Å². The Balaban J connectivity index is 1.70. The van der Waals surface area contributed by atoms with Gasteiger partial charge in [0.25, 0.3) is 0 Å². The predicted octanol–water partition coefficient (Wildman–Crippen LogP) is 8.03. The minimum absolute atomic E-state index is 0.897. The van der Waals surface area contributed by atoms with E-state index in [1.165, 1.54) is 16.2 Å². The van der Waals surface area contributed by atoms with Gasteiger partial charge in [-0.25, -0.2) is 9.97 Å².